The summed E-state index contributed by atoms with van der Waals surface area (Å²) in [5.41, 5.74) is 0.359. The minimum Gasteiger partial charge on any atom is -0.475 e. The summed E-state index contributed by atoms with van der Waals surface area (Å²) in [6.07, 6.45) is 1.30. The second kappa shape index (κ2) is 2.67. The van der Waals surface area contributed by atoms with Gasteiger partial charge in [0, 0.05) is 6.07 Å². The molecule has 13 heavy (non-hydrogen) atoms. The number of hydrogen-bond donors (Lipinski definition) is 1. The fourth-order valence-electron chi connectivity index (χ4n) is 0.863. The maximum absolute atomic E-state index is 10.5. The first-order valence-electron chi connectivity index (χ1n) is 3.28. The van der Waals surface area contributed by atoms with Crippen molar-refractivity contribution in [3.05, 3.63) is 23.4 Å². The topological polar surface area (TPSA) is 80.4 Å². The quantitative estimate of drug-likeness (QED) is 0.674. The van der Waals surface area contributed by atoms with Crippen molar-refractivity contribution in [3.63, 3.8) is 0 Å². The number of carbonyl (C=O) groups is 1. The number of fused-ring (bicyclic) bond motifs is 1. The summed E-state index contributed by atoms with van der Waals surface area (Å²) in [6.45, 7) is 0. The van der Waals surface area contributed by atoms with Gasteiger partial charge in [-0.1, -0.05) is 11.6 Å². The molecule has 6 nitrogen and oxygen atoms in total. The van der Waals surface area contributed by atoms with E-state index in [-0.39, 0.29) is 11.0 Å². The number of halogens is 1. The first kappa shape index (κ1) is 7.93. The summed E-state index contributed by atoms with van der Waals surface area (Å²) in [5, 5.41) is 12.4. The lowest BCUT2D eigenvalue weighted by molar-refractivity contribution is 0.0684. The van der Waals surface area contributed by atoms with E-state index in [1.54, 1.807) is 0 Å². The lowest BCUT2D eigenvalue weighted by Crippen LogP contribution is -1.99. The molecule has 0 aliphatic heterocycles. The highest BCUT2D eigenvalue weighted by Gasteiger charge is 2.10. The molecule has 0 atom stereocenters. The number of rotatable bonds is 1. The number of aromatic nitrogens is 4. The van der Waals surface area contributed by atoms with Crippen molar-refractivity contribution in [3.8, 4) is 0 Å². The van der Waals surface area contributed by atoms with Crippen LogP contribution in [0.4, 0.5) is 0 Å². The van der Waals surface area contributed by atoms with E-state index in [4.69, 9.17) is 16.7 Å². The number of hydrogen-bond acceptors (Lipinski definition) is 4. The van der Waals surface area contributed by atoms with Gasteiger partial charge in [0.05, 0.1) is 0 Å². The Labute approximate surface area is 76.8 Å². The Balaban J connectivity index is 2.68. The standard InChI is InChI=1S/C6H3ClN4O2/c7-3-1-4-9-5(6(12)13)10-11(4)2-8-3/h1-2H,(H,12,13). The molecule has 0 unspecified atom stereocenters. The average Bonchev–Trinajstić information content (AvgIpc) is 2.46. The van der Waals surface area contributed by atoms with Gasteiger partial charge in [-0.2, -0.15) is 0 Å². The summed E-state index contributed by atoms with van der Waals surface area (Å²) in [6, 6.07) is 1.43. The van der Waals surface area contributed by atoms with Crippen molar-refractivity contribution >= 4 is 23.2 Å². The highest BCUT2D eigenvalue weighted by molar-refractivity contribution is 6.29. The van der Waals surface area contributed by atoms with Crippen molar-refractivity contribution in [1.82, 2.24) is 19.6 Å². The van der Waals surface area contributed by atoms with Gasteiger partial charge in [0.15, 0.2) is 5.65 Å². The Morgan fingerprint density at radius 3 is 3.08 bits per heavy atom. The number of nitrogens with zero attached hydrogens (tertiary/aromatic N) is 4. The van der Waals surface area contributed by atoms with Crippen LogP contribution in [0.25, 0.3) is 5.65 Å². The summed E-state index contributed by atoms with van der Waals surface area (Å²) in [5.74, 6) is -1.45. The summed E-state index contributed by atoms with van der Waals surface area (Å²) >= 11 is 5.57. The molecular formula is C6H3ClN4O2. The number of aromatic carboxylic acids is 1. The average molecular weight is 199 g/mol. The van der Waals surface area contributed by atoms with Crippen molar-refractivity contribution in [2.75, 3.05) is 0 Å². The summed E-state index contributed by atoms with van der Waals surface area (Å²) in [4.78, 5) is 17.9. The molecule has 0 bridgehead atoms. The van der Waals surface area contributed by atoms with E-state index in [0.29, 0.717) is 5.65 Å². The van der Waals surface area contributed by atoms with Crippen LogP contribution >= 0.6 is 11.6 Å². The first-order chi connectivity index (χ1) is 6.16. The fraction of sp³-hybridized carbons (Fsp3) is 0. The molecule has 0 aliphatic carbocycles. The molecule has 0 saturated carbocycles. The van der Waals surface area contributed by atoms with Crippen LogP contribution in [0.15, 0.2) is 12.4 Å². The van der Waals surface area contributed by atoms with Crippen LogP contribution in [0.3, 0.4) is 0 Å². The van der Waals surface area contributed by atoms with Crippen LogP contribution in [-0.4, -0.2) is 30.7 Å². The van der Waals surface area contributed by atoms with Gasteiger partial charge in [-0.15, -0.1) is 5.10 Å². The predicted molar refractivity (Wildman–Crippen MR) is 42.8 cm³/mol. The van der Waals surface area contributed by atoms with E-state index in [1.165, 1.54) is 16.9 Å². The Hall–Kier alpha value is -1.69. The van der Waals surface area contributed by atoms with Crippen molar-refractivity contribution < 1.29 is 9.90 Å². The molecule has 0 radical (unpaired) electrons. The summed E-state index contributed by atoms with van der Waals surface area (Å²) in [7, 11) is 0. The van der Waals surface area contributed by atoms with E-state index in [0.717, 1.165) is 0 Å². The van der Waals surface area contributed by atoms with E-state index < -0.39 is 5.97 Å². The second-order valence-corrected chi connectivity index (χ2v) is 2.64. The van der Waals surface area contributed by atoms with Crippen LogP contribution < -0.4 is 0 Å². The molecule has 0 spiro atoms. The second-order valence-electron chi connectivity index (χ2n) is 2.25. The van der Waals surface area contributed by atoms with Crippen LogP contribution in [-0.2, 0) is 0 Å². The predicted octanol–water partition coefficient (Wildman–Crippen LogP) is 0.476. The van der Waals surface area contributed by atoms with Crippen molar-refractivity contribution in [1.29, 1.82) is 0 Å². The first-order valence-corrected chi connectivity index (χ1v) is 3.66. The van der Waals surface area contributed by atoms with Crippen molar-refractivity contribution in [2.24, 2.45) is 0 Å². The third kappa shape index (κ3) is 1.31. The van der Waals surface area contributed by atoms with E-state index in [2.05, 4.69) is 15.1 Å². The lowest BCUT2D eigenvalue weighted by Gasteiger charge is -1.88. The van der Waals surface area contributed by atoms with Crippen LogP contribution in [0.2, 0.25) is 5.15 Å². The van der Waals surface area contributed by atoms with Gasteiger partial charge < -0.3 is 5.11 Å². The van der Waals surface area contributed by atoms with Gasteiger partial charge in [-0.25, -0.2) is 19.3 Å². The smallest absolute Gasteiger partial charge is 0.375 e. The zero-order valence-electron chi connectivity index (χ0n) is 6.18. The van der Waals surface area contributed by atoms with Gasteiger partial charge in [-0.05, 0) is 0 Å². The van der Waals surface area contributed by atoms with Gasteiger partial charge in [0.25, 0.3) is 5.82 Å². The Morgan fingerprint density at radius 2 is 2.38 bits per heavy atom. The fourth-order valence-corrected chi connectivity index (χ4v) is 1.00. The maximum Gasteiger partial charge on any atom is 0.375 e. The normalized spacial score (nSPS) is 10.5. The Morgan fingerprint density at radius 1 is 1.62 bits per heavy atom. The van der Waals surface area contributed by atoms with Crippen molar-refractivity contribution in [2.45, 2.75) is 0 Å². The van der Waals surface area contributed by atoms with E-state index in [1.807, 2.05) is 0 Å². The highest BCUT2D eigenvalue weighted by atomic mass is 35.5. The molecule has 0 saturated heterocycles. The van der Waals surface area contributed by atoms with E-state index in [9.17, 15) is 4.79 Å². The minimum absolute atomic E-state index is 0.247. The molecule has 2 rings (SSSR count). The molecule has 7 heteroatoms. The SMILES string of the molecule is O=C(O)c1nc2cc(Cl)ncn2n1. The Bertz CT molecular complexity index is 480. The highest BCUT2D eigenvalue weighted by Crippen LogP contribution is 2.06. The number of carboxylic acids is 1. The molecule has 66 valence electrons. The van der Waals surface area contributed by atoms with E-state index >= 15 is 0 Å². The zero-order valence-corrected chi connectivity index (χ0v) is 6.93. The molecular weight excluding hydrogens is 196 g/mol. The van der Waals surface area contributed by atoms with Gasteiger partial charge in [0.2, 0.25) is 0 Å². The van der Waals surface area contributed by atoms with Crippen LogP contribution in [0.1, 0.15) is 10.6 Å². The molecule has 0 aliphatic rings. The molecule has 2 aromatic rings. The van der Waals surface area contributed by atoms with Crippen LogP contribution in [0.5, 0.6) is 0 Å². The Kier molecular flexibility index (Phi) is 1.63. The zero-order chi connectivity index (χ0) is 9.42. The maximum atomic E-state index is 10.5. The van der Waals surface area contributed by atoms with Crippen LogP contribution in [0, 0.1) is 0 Å². The molecule has 2 heterocycles. The molecule has 0 amide bonds. The molecule has 1 N–H and O–H groups in total. The third-order valence-corrected chi connectivity index (χ3v) is 1.59. The minimum atomic E-state index is -1.18. The lowest BCUT2D eigenvalue weighted by atomic mass is 10.6. The summed E-state index contributed by atoms with van der Waals surface area (Å²) < 4.78 is 1.25. The van der Waals surface area contributed by atoms with Gasteiger partial charge in [0.1, 0.15) is 11.5 Å². The number of carboxylic acid groups (broad SMARTS) is 1. The molecule has 0 fully saturated rings. The third-order valence-electron chi connectivity index (χ3n) is 1.39. The largest absolute Gasteiger partial charge is 0.475 e. The molecule has 2 aromatic heterocycles. The monoisotopic (exact) mass is 198 g/mol. The van der Waals surface area contributed by atoms with Gasteiger partial charge >= 0.3 is 5.97 Å². The van der Waals surface area contributed by atoms with Gasteiger partial charge in [-0.3, -0.25) is 0 Å². The molecule has 0 aromatic carbocycles.